The Bertz CT molecular complexity index is 1360. The predicted molar refractivity (Wildman–Crippen MR) is 125 cm³/mol. The second kappa shape index (κ2) is 8.31. The number of thioether (sulfide) groups is 1. The first-order valence-corrected chi connectivity index (χ1v) is 12.6. The normalized spacial score (nSPS) is 11.3. The van der Waals surface area contributed by atoms with E-state index in [1.165, 1.54) is 23.1 Å². The summed E-state index contributed by atoms with van der Waals surface area (Å²) in [5, 5.41) is 13.3. The van der Waals surface area contributed by atoms with Gasteiger partial charge in [-0.2, -0.15) is 16.3 Å². The average Bonchev–Trinajstić information content (AvgIpc) is 3.55. The van der Waals surface area contributed by atoms with Crippen molar-refractivity contribution >= 4 is 56.0 Å². The van der Waals surface area contributed by atoms with Gasteiger partial charge in [0.05, 0.1) is 11.1 Å². The van der Waals surface area contributed by atoms with Crippen LogP contribution in [0.15, 0.2) is 66.8 Å². The number of aromatic nitrogens is 4. The Morgan fingerprint density at radius 3 is 2.90 bits per heavy atom. The molecule has 0 fully saturated rings. The number of fused-ring (bicyclic) bond motifs is 1. The average molecular weight is 471 g/mol. The fourth-order valence-electron chi connectivity index (χ4n) is 2.97. The van der Waals surface area contributed by atoms with E-state index in [0.29, 0.717) is 34.6 Å². The van der Waals surface area contributed by atoms with Gasteiger partial charge in [-0.1, -0.05) is 29.1 Å². The van der Waals surface area contributed by atoms with E-state index < -0.39 is 0 Å². The summed E-state index contributed by atoms with van der Waals surface area (Å²) in [6.45, 7) is 4.18. The van der Waals surface area contributed by atoms with E-state index in [1.54, 1.807) is 33.3 Å². The lowest BCUT2D eigenvalue weighted by Crippen LogP contribution is -2.22. The number of rotatable bonds is 7. The lowest BCUT2D eigenvalue weighted by Gasteiger charge is -2.09. The molecule has 0 spiro atoms. The minimum Gasteiger partial charge on any atom is -0.338 e. The van der Waals surface area contributed by atoms with Gasteiger partial charge in [-0.3, -0.25) is 9.36 Å². The molecule has 5 aromatic heterocycles. The van der Waals surface area contributed by atoms with E-state index in [2.05, 4.69) is 16.7 Å². The van der Waals surface area contributed by atoms with E-state index >= 15 is 0 Å². The minimum atomic E-state index is -0.0588. The van der Waals surface area contributed by atoms with Gasteiger partial charge in [0, 0.05) is 33.3 Å². The van der Waals surface area contributed by atoms with Crippen molar-refractivity contribution in [3.63, 3.8) is 0 Å². The summed E-state index contributed by atoms with van der Waals surface area (Å²) in [7, 11) is 0. The molecule has 150 valence electrons. The maximum atomic E-state index is 13.3. The Kier molecular flexibility index (Phi) is 5.38. The monoisotopic (exact) mass is 470 g/mol. The highest BCUT2D eigenvalue weighted by atomic mass is 32.2. The second-order valence-corrected chi connectivity index (χ2v) is 9.75. The molecule has 0 saturated heterocycles. The molecule has 5 rings (SSSR count). The fraction of sp³-hybridized carbons (Fsp3) is 0.100. The number of hydrogen-bond donors (Lipinski definition) is 0. The van der Waals surface area contributed by atoms with Gasteiger partial charge in [-0.05, 0) is 22.9 Å². The van der Waals surface area contributed by atoms with Crippen molar-refractivity contribution in [2.75, 3.05) is 0 Å². The molecular weight excluding hydrogens is 457 g/mol. The van der Waals surface area contributed by atoms with Crippen molar-refractivity contribution in [2.45, 2.75) is 17.5 Å². The quantitative estimate of drug-likeness (QED) is 0.171. The molecular formula is C20H14N4O2S4. The molecule has 0 aliphatic rings. The third-order valence-corrected chi connectivity index (χ3v) is 7.75. The molecule has 10 heteroatoms. The summed E-state index contributed by atoms with van der Waals surface area (Å²) in [4.78, 5) is 24.3. The molecule has 5 aromatic rings. The van der Waals surface area contributed by atoms with Crippen LogP contribution in [-0.2, 0) is 12.3 Å². The van der Waals surface area contributed by atoms with E-state index in [9.17, 15) is 4.79 Å². The van der Waals surface area contributed by atoms with Gasteiger partial charge in [0.25, 0.3) is 5.56 Å². The molecule has 0 atom stereocenters. The molecule has 0 N–H and O–H groups in total. The molecule has 0 aliphatic heterocycles. The predicted octanol–water partition coefficient (Wildman–Crippen LogP) is 5.78. The van der Waals surface area contributed by atoms with Crippen molar-refractivity contribution in [3.8, 4) is 21.8 Å². The van der Waals surface area contributed by atoms with Crippen molar-refractivity contribution in [3.05, 3.63) is 68.6 Å². The summed E-state index contributed by atoms with van der Waals surface area (Å²) in [6, 6.07) is 5.95. The maximum Gasteiger partial charge on any atom is 0.263 e. The smallest absolute Gasteiger partial charge is 0.263 e. The SMILES string of the molecule is C=CCn1c(SCc2nc(-c3ccsc3)no2)nc2scc(-c3cccs3)c2c1=O. The first-order chi connectivity index (χ1) is 14.7. The molecule has 0 amide bonds. The highest BCUT2D eigenvalue weighted by Gasteiger charge is 2.18. The van der Waals surface area contributed by atoms with Gasteiger partial charge in [0.15, 0.2) is 5.16 Å². The van der Waals surface area contributed by atoms with Crippen LogP contribution >= 0.6 is 45.8 Å². The van der Waals surface area contributed by atoms with Crippen molar-refractivity contribution in [1.82, 2.24) is 19.7 Å². The van der Waals surface area contributed by atoms with Crippen LogP contribution in [0, 0.1) is 0 Å². The van der Waals surface area contributed by atoms with Crippen LogP contribution in [0.5, 0.6) is 0 Å². The van der Waals surface area contributed by atoms with Crippen LogP contribution in [-0.4, -0.2) is 19.7 Å². The zero-order chi connectivity index (χ0) is 20.5. The van der Waals surface area contributed by atoms with Gasteiger partial charge in [0.1, 0.15) is 4.83 Å². The lowest BCUT2D eigenvalue weighted by atomic mass is 10.2. The molecule has 0 radical (unpaired) electrons. The topological polar surface area (TPSA) is 73.8 Å². The highest BCUT2D eigenvalue weighted by molar-refractivity contribution is 7.98. The fourth-order valence-corrected chi connectivity index (χ4v) is 6.25. The summed E-state index contributed by atoms with van der Waals surface area (Å²) >= 11 is 6.09. The number of thiophene rings is 3. The summed E-state index contributed by atoms with van der Waals surface area (Å²) in [6.07, 6.45) is 1.71. The third kappa shape index (κ3) is 3.56. The van der Waals surface area contributed by atoms with Crippen LogP contribution in [0.1, 0.15) is 5.89 Å². The Labute approximate surface area is 187 Å². The van der Waals surface area contributed by atoms with E-state index in [0.717, 1.165) is 20.8 Å². The van der Waals surface area contributed by atoms with Gasteiger partial charge >= 0.3 is 0 Å². The Morgan fingerprint density at radius 1 is 1.20 bits per heavy atom. The second-order valence-electron chi connectivity index (χ2n) is 6.22. The standard InChI is InChI=1S/C20H14N4O2S4/c1-2-6-24-19(25)16-13(14-4-3-7-28-14)10-29-18(16)22-20(24)30-11-15-21-17(23-26-15)12-5-8-27-9-12/h2-5,7-10H,1,6,11H2. The molecule has 30 heavy (non-hydrogen) atoms. The zero-order valence-electron chi connectivity index (χ0n) is 15.5. The van der Waals surface area contributed by atoms with Crippen LogP contribution in [0.25, 0.3) is 32.0 Å². The molecule has 0 bridgehead atoms. The van der Waals surface area contributed by atoms with Gasteiger partial charge < -0.3 is 4.52 Å². The van der Waals surface area contributed by atoms with Gasteiger partial charge in [-0.25, -0.2) is 4.98 Å². The minimum absolute atomic E-state index is 0.0588. The van der Waals surface area contributed by atoms with E-state index in [4.69, 9.17) is 9.51 Å². The van der Waals surface area contributed by atoms with Crippen LogP contribution in [0.2, 0.25) is 0 Å². The molecule has 5 heterocycles. The molecule has 0 saturated carbocycles. The molecule has 0 unspecified atom stereocenters. The first-order valence-electron chi connectivity index (χ1n) is 8.89. The van der Waals surface area contributed by atoms with Crippen molar-refractivity contribution < 1.29 is 4.52 Å². The first kappa shape index (κ1) is 19.4. The summed E-state index contributed by atoms with van der Waals surface area (Å²) in [5.41, 5.74) is 1.81. The zero-order valence-corrected chi connectivity index (χ0v) is 18.7. The van der Waals surface area contributed by atoms with Crippen molar-refractivity contribution in [1.29, 1.82) is 0 Å². The van der Waals surface area contributed by atoms with Gasteiger partial charge in [0.2, 0.25) is 11.7 Å². The van der Waals surface area contributed by atoms with Crippen LogP contribution in [0.4, 0.5) is 0 Å². The van der Waals surface area contributed by atoms with Crippen LogP contribution in [0.3, 0.4) is 0 Å². The summed E-state index contributed by atoms with van der Waals surface area (Å²) in [5.74, 6) is 1.48. The lowest BCUT2D eigenvalue weighted by molar-refractivity contribution is 0.391. The summed E-state index contributed by atoms with van der Waals surface area (Å²) < 4.78 is 7.02. The largest absolute Gasteiger partial charge is 0.338 e. The maximum absolute atomic E-state index is 13.3. The Hall–Kier alpha value is -2.53. The Balaban J connectivity index is 1.49. The third-order valence-electron chi connectivity index (χ3n) is 4.33. The molecule has 6 nitrogen and oxygen atoms in total. The number of nitrogens with zero attached hydrogens (tertiary/aromatic N) is 4. The number of hydrogen-bond acceptors (Lipinski definition) is 9. The molecule has 0 aromatic carbocycles. The van der Waals surface area contributed by atoms with Crippen molar-refractivity contribution in [2.24, 2.45) is 0 Å². The van der Waals surface area contributed by atoms with Crippen LogP contribution < -0.4 is 5.56 Å². The molecule has 0 aliphatic carbocycles. The Morgan fingerprint density at radius 2 is 2.13 bits per heavy atom. The van der Waals surface area contributed by atoms with E-state index in [1.807, 2.05) is 39.7 Å². The highest BCUT2D eigenvalue weighted by Crippen LogP contribution is 2.35. The van der Waals surface area contributed by atoms with E-state index in [-0.39, 0.29) is 5.56 Å². The number of allylic oxidation sites excluding steroid dienone is 1. The van der Waals surface area contributed by atoms with Gasteiger partial charge in [-0.15, -0.1) is 29.3 Å².